The molecule has 6 rings (SSSR count). The van der Waals surface area contributed by atoms with Crippen LogP contribution < -0.4 is 15.5 Å². The molecule has 5 atom stereocenters. The number of carboxylic acid groups (broad SMARTS) is 2. The highest BCUT2D eigenvalue weighted by Gasteiger charge is 2.38. The molecule has 0 unspecified atom stereocenters. The topological polar surface area (TPSA) is 192 Å². The lowest BCUT2D eigenvalue weighted by molar-refractivity contribution is -0.153. The Hall–Kier alpha value is -6.09. The second-order valence-electron chi connectivity index (χ2n) is 15.5. The Bertz CT molecular complexity index is 2170. The highest BCUT2D eigenvalue weighted by molar-refractivity contribution is 6.02. The van der Waals surface area contributed by atoms with Crippen LogP contribution in [0, 0.1) is 0 Å². The zero-order valence-electron chi connectivity index (χ0n) is 36.5. The first-order valence-corrected chi connectivity index (χ1v) is 21.5. The average Bonchev–Trinajstić information content (AvgIpc) is 3.41. The third kappa shape index (κ3) is 14.2. The number of nitrogens with one attached hydrogen (secondary N) is 2. The van der Waals surface area contributed by atoms with Crippen LogP contribution in [0.2, 0.25) is 0 Å². The van der Waals surface area contributed by atoms with E-state index < -0.39 is 60.6 Å². The molecule has 0 aromatic heterocycles. The Morgan fingerprint density at radius 2 is 1.23 bits per heavy atom. The number of hydrogen-bond donors (Lipinski definition) is 4. The Morgan fingerprint density at radius 3 is 1.80 bits per heavy atom. The first-order chi connectivity index (χ1) is 30.4. The van der Waals surface area contributed by atoms with Crippen molar-refractivity contribution in [2.45, 2.75) is 102 Å². The van der Waals surface area contributed by atoms with Gasteiger partial charge in [0.25, 0.3) is 0 Å². The zero-order valence-corrected chi connectivity index (χ0v) is 37.3. The van der Waals surface area contributed by atoms with Gasteiger partial charge in [-0.15, -0.1) is 12.4 Å². The fourth-order valence-electron chi connectivity index (χ4n) is 7.94. The molecule has 2 aliphatic heterocycles. The van der Waals surface area contributed by atoms with E-state index in [1.54, 1.807) is 32.9 Å². The lowest BCUT2D eigenvalue weighted by Crippen LogP contribution is -2.56. The number of anilines is 1. The lowest BCUT2D eigenvalue weighted by Gasteiger charge is -2.36. The van der Waals surface area contributed by atoms with Crippen LogP contribution in [0.25, 0.3) is 0 Å². The van der Waals surface area contributed by atoms with Crippen molar-refractivity contribution in [3.63, 3.8) is 0 Å². The molecule has 4 aromatic carbocycles. The maximum Gasteiger partial charge on any atom is 0.326 e. The van der Waals surface area contributed by atoms with Gasteiger partial charge in [-0.2, -0.15) is 0 Å². The number of carbonyl (C=O) groups excluding carboxylic acids is 4. The van der Waals surface area contributed by atoms with Crippen LogP contribution in [0.1, 0.15) is 67.9 Å². The molecular formula is C49H59ClN4O10. The minimum atomic E-state index is -1.09. The first kappa shape index (κ1) is 50.6. The Labute approximate surface area is 380 Å². The molecule has 0 bridgehead atoms. The fraction of sp³-hybridized carbons (Fsp3) is 0.388. The number of aryl methyl sites for hydroxylation is 3. The standard InChI is InChI=1S/C25H30N2O5.C24H28N2O5.ClH/c1-3-32-25(31)21(14-13-18-9-5-4-6-10-18)26-17(2)23(28)27-16-20-12-8-7-11-19(20)15-22(27)24(29)30;1-2-31-24(30)20(14-12-17-8-4-3-5-9-17)25-19-15-13-18-10-6-7-11-21(18)26(23(19)29)16-22(27)28;/h4-12,17,21-22,26H,3,13-16H2,1-2H3,(H,29,30);3-11,19-20,25H,2,12-16H2,1H3,(H,27,28);1H/t17-,21-,22-;19-,20-;/m00./s1. The number of halogens is 1. The molecule has 0 saturated heterocycles. The van der Waals surface area contributed by atoms with E-state index >= 15 is 0 Å². The van der Waals surface area contributed by atoms with Crippen molar-refractivity contribution in [3.05, 3.63) is 137 Å². The summed E-state index contributed by atoms with van der Waals surface area (Å²) in [7, 11) is 0. The molecule has 0 fully saturated rings. The van der Waals surface area contributed by atoms with E-state index in [9.17, 15) is 39.0 Å². The van der Waals surface area contributed by atoms with Gasteiger partial charge < -0.3 is 24.6 Å². The van der Waals surface area contributed by atoms with Crippen LogP contribution in [-0.2, 0) is 70.5 Å². The van der Waals surface area contributed by atoms with Crippen molar-refractivity contribution in [2.75, 3.05) is 24.7 Å². The van der Waals surface area contributed by atoms with Crippen LogP contribution in [0.3, 0.4) is 0 Å². The lowest BCUT2D eigenvalue weighted by atomic mass is 9.93. The number of fused-ring (bicyclic) bond motifs is 2. The second kappa shape index (κ2) is 25.3. The summed E-state index contributed by atoms with van der Waals surface area (Å²) in [5.74, 6) is -3.64. The molecule has 342 valence electrons. The number of hydrogen-bond acceptors (Lipinski definition) is 10. The zero-order chi connectivity index (χ0) is 45.3. The van der Waals surface area contributed by atoms with Gasteiger partial charge in [0.1, 0.15) is 24.7 Å². The molecular weight excluding hydrogens is 840 g/mol. The number of benzene rings is 4. The number of ether oxygens (including phenoxy) is 2. The Balaban J connectivity index is 0.000000276. The maximum absolute atomic E-state index is 13.3. The predicted octanol–water partition coefficient (Wildman–Crippen LogP) is 5.56. The van der Waals surface area contributed by atoms with E-state index in [1.165, 1.54) is 9.80 Å². The monoisotopic (exact) mass is 898 g/mol. The average molecular weight is 899 g/mol. The highest BCUT2D eigenvalue weighted by Crippen LogP contribution is 2.28. The van der Waals surface area contributed by atoms with Crippen molar-refractivity contribution in [3.8, 4) is 0 Å². The molecule has 0 spiro atoms. The van der Waals surface area contributed by atoms with Gasteiger partial charge in [-0.1, -0.05) is 103 Å². The summed E-state index contributed by atoms with van der Waals surface area (Å²) in [6.07, 6.45) is 3.56. The van der Waals surface area contributed by atoms with E-state index in [0.717, 1.165) is 27.8 Å². The molecule has 4 N–H and O–H groups in total. The quantitative estimate of drug-likeness (QED) is 0.0911. The molecule has 15 heteroatoms. The summed E-state index contributed by atoms with van der Waals surface area (Å²) >= 11 is 0. The number of nitrogens with zero attached hydrogens (tertiary/aromatic N) is 2. The van der Waals surface area contributed by atoms with E-state index in [-0.39, 0.29) is 50.4 Å². The minimum absolute atomic E-state index is 0. The van der Waals surface area contributed by atoms with Crippen LogP contribution in [0.5, 0.6) is 0 Å². The van der Waals surface area contributed by atoms with Crippen molar-refractivity contribution >= 4 is 53.8 Å². The molecule has 4 aromatic rings. The smallest absolute Gasteiger partial charge is 0.326 e. The Morgan fingerprint density at radius 1 is 0.719 bits per heavy atom. The Kier molecular flexibility index (Phi) is 20.0. The molecule has 0 radical (unpaired) electrons. The van der Waals surface area contributed by atoms with Crippen LogP contribution >= 0.6 is 12.4 Å². The number of carbonyl (C=O) groups is 6. The molecule has 0 saturated carbocycles. The molecule has 64 heavy (non-hydrogen) atoms. The molecule has 2 aliphatic rings. The van der Waals surface area contributed by atoms with E-state index in [4.69, 9.17) is 9.47 Å². The number of rotatable bonds is 18. The number of esters is 2. The van der Waals surface area contributed by atoms with Gasteiger partial charge in [-0.25, -0.2) is 4.79 Å². The number of amides is 2. The number of aliphatic carboxylic acids is 2. The van der Waals surface area contributed by atoms with Crippen LogP contribution in [0.15, 0.2) is 109 Å². The van der Waals surface area contributed by atoms with Gasteiger partial charge in [-0.05, 0) is 93.2 Å². The third-order valence-corrected chi connectivity index (χ3v) is 11.2. The summed E-state index contributed by atoms with van der Waals surface area (Å²) in [5.41, 5.74) is 5.58. The van der Waals surface area contributed by atoms with Gasteiger partial charge in [0.05, 0.1) is 25.3 Å². The number of carboxylic acids is 2. The molecule has 14 nitrogen and oxygen atoms in total. The minimum Gasteiger partial charge on any atom is -0.480 e. The summed E-state index contributed by atoms with van der Waals surface area (Å²) in [6.45, 7) is 5.44. The largest absolute Gasteiger partial charge is 0.480 e. The third-order valence-electron chi connectivity index (χ3n) is 11.2. The van der Waals surface area contributed by atoms with Crippen molar-refractivity contribution in [2.24, 2.45) is 0 Å². The summed E-state index contributed by atoms with van der Waals surface area (Å²) in [5, 5.41) is 25.3. The highest BCUT2D eigenvalue weighted by atomic mass is 35.5. The molecule has 2 heterocycles. The SMILES string of the molecule is CCOC(=O)[C@H](CCc1ccccc1)N[C@@H](C)C(=O)N1Cc2ccccc2C[C@H]1C(=O)O.CCOC(=O)[C@H](CCc1ccccc1)N[C@H]1CCc2ccccc2N(CC(=O)O)C1=O.Cl. The van der Waals surface area contributed by atoms with E-state index in [2.05, 4.69) is 10.6 Å². The van der Waals surface area contributed by atoms with Gasteiger partial charge in [-0.3, -0.25) is 39.5 Å². The number of para-hydroxylation sites is 1. The first-order valence-electron chi connectivity index (χ1n) is 21.5. The fourth-order valence-corrected chi connectivity index (χ4v) is 7.94. The summed E-state index contributed by atoms with van der Waals surface area (Å²) in [4.78, 5) is 77.7. The van der Waals surface area contributed by atoms with Crippen LogP contribution in [-0.4, -0.2) is 101 Å². The van der Waals surface area contributed by atoms with Crippen molar-refractivity contribution in [1.29, 1.82) is 0 Å². The second-order valence-corrected chi connectivity index (χ2v) is 15.5. The van der Waals surface area contributed by atoms with Gasteiger partial charge in [0.15, 0.2) is 0 Å². The summed E-state index contributed by atoms with van der Waals surface area (Å²) < 4.78 is 10.4. The van der Waals surface area contributed by atoms with E-state index in [0.29, 0.717) is 44.2 Å². The van der Waals surface area contributed by atoms with Crippen LogP contribution in [0.4, 0.5) is 5.69 Å². The van der Waals surface area contributed by atoms with Gasteiger partial charge >= 0.3 is 23.9 Å². The summed E-state index contributed by atoms with van der Waals surface area (Å²) in [6, 6.07) is 30.8. The normalized spacial score (nSPS) is 16.8. The van der Waals surface area contributed by atoms with Gasteiger partial charge in [0, 0.05) is 18.7 Å². The maximum atomic E-state index is 13.3. The van der Waals surface area contributed by atoms with Crippen molar-refractivity contribution < 1.29 is 48.5 Å². The van der Waals surface area contributed by atoms with Gasteiger partial charge in [0.2, 0.25) is 11.8 Å². The predicted molar refractivity (Wildman–Crippen MR) is 244 cm³/mol. The van der Waals surface area contributed by atoms with Crippen molar-refractivity contribution in [1.82, 2.24) is 15.5 Å². The van der Waals surface area contributed by atoms with E-state index in [1.807, 2.05) is 97.1 Å². The molecule has 0 aliphatic carbocycles. The molecule has 2 amide bonds.